The highest BCUT2D eigenvalue weighted by molar-refractivity contribution is 5.61. The molecule has 0 bridgehead atoms. The smallest absolute Gasteiger partial charge is 0.330 e. The van der Waals surface area contributed by atoms with Gasteiger partial charge in [-0.2, -0.15) is 0 Å². The quantitative estimate of drug-likeness (QED) is 0.708. The zero-order valence-corrected chi connectivity index (χ0v) is 11.7. The van der Waals surface area contributed by atoms with Gasteiger partial charge in [0.25, 0.3) is 5.56 Å². The monoisotopic (exact) mass is 279 g/mol. The maximum absolute atomic E-state index is 11.9. The SMILES string of the molecule is CCn1c(N)c(NC2CCN(C3CC3)C2)c(=O)[nH]c1=O. The minimum Gasteiger partial charge on any atom is -0.383 e. The van der Waals surface area contributed by atoms with E-state index >= 15 is 0 Å². The summed E-state index contributed by atoms with van der Waals surface area (Å²) >= 11 is 0. The second-order valence-corrected chi connectivity index (χ2v) is 5.62. The molecule has 7 heteroatoms. The fraction of sp³-hybridized carbons (Fsp3) is 0.692. The molecule has 1 unspecified atom stereocenters. The maximum atomic E-state index is 11.9. The summed E-state index contributed by atoms with van der Waals surface area (Å²) in [6.45, 7) is 4.27. The first-order valence-corrected chi connectivity index (χ1v) is 7.23. The molecule has 1 saturated carbocycles. The molecule has 0 aromatic carbocycles. The topological polar surface area (TPSA) is 96.2 Å². The number of likely N-dealkylation sites (tertiary alicyclic amines) is 1. The van der Waals surface area contributed by atoms with Crippen LogP contribution in [0.5, 0.6) is 0 Å². The van der Waals surface area contributed by atoms with Crippen LogP contribution in [0.1, 0.15) is 26.2 Å². The predicted molar refractivity (Wildman–Crippen MR) is 78.0 cm³/mol. The summed E-state index contributed by atoms with van der Waals surface area (Å²) in [5.41, 5.74) is 5.39. The van der Waals surface area contributed by atoms with Gasteiger partial charge in [0, 0.05) is 31.7 Å². The Bertz CT molecular complexity index is 616. The Hall–Kier alpha value is -1.76. The zero-order valence-electron chi connectivity index (χ0n) is 11.7. The van der Waals surface area contributed by atoms with Gasteiger partial charge in [-0.3, -0.25) is 19.2 Å². The van der Waals surface area contributed by atoms with Gasteiger partial charge in [-0.1, -0.05) is 0 Å². The molecule has 0 spiro atoms. The average Bonchev–Trinajstić information content (AvgIpc) is 3.15. The van der Waals surface area contributed by atoms with Crippen LogP contribution in [-0.2, 0) is 6.54 Å². The minimum absolute atomic E-state index is 0.224. The Balaban J connectivity index is 1.80. The van der Waals surface area contributed by atoms with E-state index in [4.69, 9.17) is 5.73 Å². The Morgan fingerprint density at radius 2 is 2.10 bits per heavy atom. The number of aromatic amines is 1. The van der Waals surface area contributed by atoms with Crippen molar-refractivity contribution in [2.45, 2.75) is 44.8 Å². The molecule has 2 fully saturated rings. The lowest BCUT2D eigenvalue weighted by Crippen LogP contribution is -2.36. The molecule has 1 aromatic rings. The van der Waals surface area contributed by atoms with E-state index in [9.17, 15) is 9.59 Å². The van der Waals surface area contributed by atoms with Crippen LogP contribution >= 0.6 is 0 Å². The van der Waals surface area contributed by atoms with Gasteiger partial charge in [0.2, 0.25) is 0 Å². The van der Waals surface area contributed by atoms with Crippen LogP contribution in [0.2, 0.25) is 0 Å². The van der Waals surface area contributed by atoms with Crippen molar-refractivity contribution in [2.75, 3.05) is 24.1 Å². The highest BCUT2D eigenvalue weighted by atomic mass is 16.2. The van der Waals surface area contributed by atoms with Gasteiger partial charge in [0.1, 0.15) is 11.5 Å². The Morgan fingerprint density at radius 1 is 1.35 bits per heavy atom. The first-order chi connectivity index (χ1) is 9.60. The third kappa shape index (κ3) is 2.33. The molecule has 0 radical (unpaired) electrons. The third-order valence-corrected chi connectivity index (χ3v) is 4.19. The normalized spacial score (nSPS) is 23.1. The van der Waals surface area contributed by atoms with Crippen LogP contribution < -0.4 is 22.3 Å². The third-order valence-electron chi connectivity index (χ3n) is 4.19. The van der Waals surface area contributed by atoms with Crippen molar-refractivity contribution in [1.82, 2.24) is 14.5 Å². The van der Waals surface area contributed by atoms with E-state index in [2.05, 4.69) is 15.2 Å². The van der Waals surface area contributed by atoms with Crippen molar-refractivity contribution in [3.8, 4) is 0 Å². The molecule has 2 heterocycles. The zero-order chi connectivity index (χ0) is 14.3. The van der Waals surface area contributed by atoms with E-state index in [1.54, 1.807) is 0 Å². The number of nitrogen functional groups attached to an aromatic ring is 1. The number of hydrogen-bond acceptors (Lipinski definition) is 5. The number of H-pyrrole nitrogens is 1. The molecule has 4 N–H and O–H groups in total. The molecule has 0 amide bonds. The molecular formula is C13H21N5O2. The number of anilines is 2. The highest BCUT2D eigenvalue weighted by Gasteiger charge is 2.34. The van der Waals surface area contributed by atoms with Crippen molar-refractivity contribution in [3.05, 3.63) is 20.8 Å². The van der Waals surface area contributed by atoms with Crippen LogP contribution in [0.15, 0.2) is 9.59 Å². The van der Waals surface area contributed by atoms with Crippen LogP contribution in [0, 0.1) is 0 Å². The van der Waals surface area contributed by atoms with E-state index in [1.165, 1.54) is 17.4 Å². The van der Waals surface area contributed by atoms with E-state index in [-0.39, 0.29) is 11.9 Å². The van der Waals surface area contributed by atoms with Gasteiger partial charge >= 0.3 is 5.69 Å². The lowest BCUT2D eigenvalue weighted by atomic mass is 10.2. The minimum atomic E-state index is -0.452. The number of nitrogens with zero attached hydrogens (tertiary/aromatic N) is 2. The number of hydrogen-bond donors (Lipinski definition) is 3. The fourth-order valence-electron chi connectivity index (χ4n) is 2.92. The molecule has 2 aliphatic rings. The number of nitrogens with two attached hydrogens (primary N) is 1. The van der Waals surface area contributed by atoms with Crippen molar-refractivity contribution >= 4 is 11.5 Å². The van der Waals surface area contributed by atoms with Gasteiger partial charge in [-0.05, 0) is 26.2 Å². The highest BCUT2D eigenvalue weighted by Crippen LogP contribution is 2.30. The van der Waals surface area contributed by atoms with Gasteiger partial charge in [-0.15, -0.1) is 0 Å². The maximum Gasteiger partial charge on any atom is 0.330 e. The van der Waals surface area contributed by atoms with E-state index in [0.717, 1.165) is 25.6 Å². The van der Waals surface area contributed by atoms with E-state index < -0.39 is 11.2 Å². The summed E-state index contributed by atoms with van der Waals surface area (Å²) in [7, 11) is 0. The van der Waals surface area contributed by atoms with Crippen molar-refractivity contribution < 1.29 is 0 Å². The molecule has 1 aliphatic carbocycles. The molecule has 7 nitrogen and oxygen atoms in total. The van der Waals surface area contributed by atoms with Crippen LogP contribution in [0.3, 0.4) is 0 Å². The van der Waals surface area contributed by atoms with Crippen molar-refractivity contribution in [2.24, 2.45) is 0 Å². The number of aromatic nitrogens is 2. The average molecular weight is 279 g/mol. The van der Waals surface area contributed by atoms with Crippen LogP contribution in [0.4, 0.5) is 11.5 Å². The van der Waals surface area contributed by atoms with Crippen LogP contribution in [0.25, 0.3) is 0 Å². The fourth-order valence-corrected chi connectivity index (χ4v) is 2.92. The van der Waals surface area contributed by atoms with Gasteiger partial charge in [-0.25, -0.2) is 4.79 Å². The summed E-state index contributed by atoms with van der Waals surface area (Å²) in [6, 6.07) is 0.962. The predicted octanol–water partition coefficient (Wildman–Crippen LogP) is -0.213. The first kappa shape index (κ1) is 13.2. The molecule has 1 atom stereocenters. The lowest BCUT2D eigenvalue weighted by Gasteiger charge is -2.18. The molecule has 110 valence electrons. The molecule has 1 saturated heterocycles. The lowest BCUT2D eigenvalue weighted by molar-refractivity contribution is 0.326. The molecule has 3 rings (SSSR count). The number of nitrogens with one attached hydrogen (secondary N) is 2. The largest absolute Gasteiger partial charge is 0.383 e. The van der Waals surface area contributed by atoms with Gasteiger partial charge in [0.05, 0.1) is 0 Å². The van der Waals surface area contributed by atoms with Crippen molar-refractivity contribution in [3.63, 3.8) is 0 Å². The summed E-state index contributed by atoms with van der Waals surface area (Å²) in [4.78, 5) is 28.3. The Morgan fingerprint density at radius 3 is 2.75 bits per heavy atom. The molecule has 1 aromatic heterocycles. The van der Waals surface area contributed by atoms with Crippen LogP contribution in [-0.4, -0.2) is 39.6 Å². The standard InChI is InChI=1S/C13H21N5O2/c1-2-18-11(14)10(12(19)16-13(18)20)15-8-5-6-17(7-8)9-3-4-9/h8-9,15H,2-7,14H2,1H3,(H,16,19,20). The molecular weight excluding hydrogens is 258 g/mol. The second-order valence-electron chi connectivity index (χ2n) is 5.62. The van der Waals surface area contributed by atoms with E-state index in [0.29, 0.717) is 12.2 Å². The number of rotatable bonds is 4. The summed E-state index contributed by atoms with van der Waals surface area (Å²) in [5, 5.41) is 3.22. The Labute approximate surface area is 116 Å². The van der Waals surface area contributed by atoms with Crippen molar-refractivity contribution in [1.29, 1.82) is 0 Å². The van der Waals surface area contributed by atoms with Gasteiger partial charge in [0.15, 0.2) is 0 Å². The summed E-state index contributed by atoms with van der Waals surface area (Å²) in [5.74, 6) is 0.228. The second kappa shape index (κ2) is 4.97. The Kier molecular flexibility index (Phi) is 3.29. The summed E-state index contributed by atoms with van der Waals surface area (Å²) < 4.78 is 1.37. The molecule has 20 heavy (non-hydrogen) atoms. The molecule has 1 aliphatic heterocycles. The summed E-state index contributed by atoms with van der Waals surface area (Å²) in [6.07, 6.45) is 3.58. The van der Waals surface area contributed by atoms with E-state index in [1.807, 2.05) is 6.92 Å². The first-order valence-electron chi connectivity index (χ1n) is 7.23. The van der Waals surface area contributed by atoms with Gasteiger partial charge < -0.3 is 11.1 Å².